The number of hydrogen-bond acceptors (Lipinski definition) is 2. The summed E-state index contributed by atoms with van der Waals surface area (Å²) in [7, 11) is 0. The summed E-state index contributed by atoms with van der Waals surface area (Å²) >= 11 is 0. The molecule has 0 atom stereocenters. The van der Waals surface area contributed by atoms with Crippen LogP contribution in [0.25, 0.3) is 0 Å². The molecule has 0 aliphatic rings. The molecule has 0 unspecified atom stereocenters. The first kappa shape index (κ1) is 15.7. The Hall–Kier alpha value is -0.269. The zero-order chi connectivity index (χ0) is 11.5. The zero-order valence-electron chi connectivity index (χ0n) is 11.0. The predicted molar refractivity (Wildman–Crippen MR) is 61.7 cm³/mol. The van der Waals surface area contributed by atoms with Crippen molar-refractivity contribution in [3.63, 3.8) is 0 Å². The third-order valence-electron chi connectivity index (χ3n) is 2.53. The molecule has 4 nitrogen and oxygen atoms in total. The quantitative estimate of drug-likeness (QED) is 0.637. The van der Waals surface area contributed by atoms with E-state index >= 15 is 0 Å². The van der Waals surface area contributed by atoms with Crippen molar-refractivity contribution in [2.45, 2.75) is 18.8 Å². The molecule has 0 aliphatic heterocycles. The molecule has 1 aromatic carbocycles. The minimum atomic E-state index is -1.83. The van der Waals surface area contributed by atoms with Crippen LogP contribution in [0, 0.1) is 0 Å². The van der Waals surface area contributed by atoms with E-state index in [1.807, 2.05) is 0 Å². The van der Waals surface area contributed by atoms with Gasteiger partial charge in [-0.1, -0.05) is 37.3 Å². The number of hydrogen-bond donors (Lipinski definition) is 2. The van der Waals surface area contributed by atoms with Gasteiger partial charge < -0.3 is 13.1 Å². The van der Waals surface area contributed by atoms with Gasteiger partial charge in [0.2, 0.25) is 0 Å². The second-order valence-electron chi connectivity index (χ2n) is 3.24. The number of aliphatic carboxylic acids is 2. The van der Waals surface area contributed by atoms with E-state index in [0.717, 1.165) is 0 Å². The molecule has 0 bridgehead atoms. The van der Waals surface area contributed by atoms with Crippen LogP contribution in [0.5, 0.6) is 0 Å². The first-order chi connectivity index (χ1) is 7.05. The van der Waals surface area contributed by atoms with Crippen molar-refractivity contribution in [3.8, 4) is 0 Å². The average Bonchev–Trinajstić information content (AvgIpc) is 2.20. The molecular formula is C11H14BaO4. The van der Waals surface area contributed by atoms with E-state index in [0.29, 0.717) is 5.56 Å². The SMILES string of the molecule is CCC(C(=O)O)(C(=O)O)c1ccccc1.[Ba+2].[H-].[H-]. The largest absolute Gasteiger partial charge is 2.00 e. The molecule has 0 spiro atoms. The molecule has 0 fully saturated rings. The Balaban J connectivity index is -0.000000750. The molecule has 0 amide bonds. The van der Waals surface area contributed by atoms with Crippen LogP contribution in [0.4, 0.5) is 0 Å². The van der Waals surface area contributed by atoms with Crippen molar-refractivity contribution in [2.24, 2.45) is 0 Å². The molecular weight excluding hydrogens is 333 g/mol. The summed E-state index contributed by atoms with van der Waals surface area (Å²) in [5, 5.41) is 18.1. The molecule has 0 saturated heterocycles. The van der Waals surface area contributed by atoms with Crippen molar-refractivity contribution < 1.29 is 22.7 Å². The van der Waals surface area contributed by atoms with E-state index in [4.69, 9.17) is 10.2 Å². The van der Waals surface area contributed by atoms with Crippen LogP contribution in [0.3, 0.4) is 0 Å². The second kappa shape index (κ2) is 6.46. The third kappa shape index (κ3) is 2.70. The summed E-state index contributed by atoms with van der Waals surface area (Å²) in [5.41, 5.74) is -1.53. The minimum absolute atomic E-state index is 0. The van der Waals surface area contributed by atoms with Gasteiger partial charge in [0, 0.05) is 0 Å². The standard InChI is InChI=1S/C11H12O4.Ba.2H/c1-2-11(9(12)13,10(14)15)8-6-4-3-5-7-8;;;/h3-7H,2H2,1H3,(H,12,13)(H,14,15);;;/q;+2;2*-1. The van der Waals surface area contributed by atoms with Crippen LogP contribution in [0.15, 0.2) is 30.3 Å². The zero-order valence-corrected chi connectivity index (χ0v) is 13.5. The van der Waals surface area contributed by atoms with E-state index in [-0.39, 0.29) is 58.2 Å². The molecule has 1 aromatic rings. The molecule has 84 valence electrons. The van der Waals surface area contributed by atoms with Crippen LogP contribution in [0.2, 0.25) is 0 Å². The van der Waals surface area contributed by atoms with Crippen molar-refractivity contribution in [1.82, 2.24) is 0 Å². The van der Waals surface area contributed by atoms with Crippen molar-refractivity contribution in [1.29, 1.82) is 0 Å². The minimum Gasteiger partial charge on any atom is -1.00 e. The first-order valence-corrected chi connectivity index (χ1v) is 4.58. The first-order valence-electron chi connectivity index (χ1n) is 4.58. The van der Waals surface area contributed by atoms with Crippen LogP contribution < -0.4 is 0 Å². The topological polar surface area (TPSA) is 74.6 Å². The molecule has 0 radical (unpaired) electrons. The fourth-order valence-corrected chi connectivity index (χ4v) is 1.57. The van der Waals surface area contributed by atoms with E-state index in [9.17, 15) is 9.59 Å². The van der Waals surface area contributed by atoms with E-state index < -0.39 is 17.4 Å². The van der Waals surface area contributed by atoms with Gasteiger partial charge in [-0.25, -0.2) is 0 Å². The van der Waals surface area contributed by atoms with E-state index in [1.165, 1.54) is 12.1 Å². The van der Waals surface area contributed by atoms with Gasteiger partial charge >= 0.3 is 60.8 Å². The Morgan fingerprint density at radius 3 is 1.94 bits per heavy atom. The van der Waals surface area contributed by atoms with Gasteiger partial charge in [0.05, 0.1) is 0 Å². The maximum Gasteiger partial charge on any atom is 2.00 e. The van der Waals surface area contributed by atoms with Crippen molar-refractivity contribution >= 4 is 60.8 Å². The van der Waals surface area contributed by atoms with Gasteiger partial charge in [-0.15, -0.1) is 0 Å². The number of carboxylic acids is 2. The van der Waals surface area contributed by atoms with Crippen LogP contribution in [-0.2, 0) is 15.0 Å². The maximum atomic E-state index is 11.1. The molecule has 0 aromatic heterocycles. The monoisotopic (exact) mass is 348 g/mol. The number of carbonyl (C=O) groups is 2. The Bertz CT molecular complexity index is 370. The smallest absolute Gasteiger partial charge is 1.00 e. The summed E-state index contributed by atoms with van der Waals surface area (Å²) in [5.74, 6) is -2.66. The van der Waals surface area contributed by atoms with Gasteiger partial charge in [-0.3, -0.25) is 9.59 Å². The molecule has 2 N–H and O–H groups in total. The number of rotatable bonds is 4. The normalized spacial score (nSPS) is 10.3. The van der Waals surface area contributed by atoms with Gasteiger partial charge in [-0.2, -0.15) is 0 Å². The van der Waals surface area contributed by atoms with E-state index in [2.05, 4.69) is 0 Å². The summed E-state index contributed by atoms with van der Waals surface area (Å²) in [6, 6.07) is 8.02. The Labute approximate surface area is 137 Å². The van der Waals surface area contributed by atoms with Gasteiger partial charge in [0.25, 0.3) is 0 Å². The van der Waals surface area contributed by atoms with Crippen molar-refractivity contribution in [2.75, 3.05) is 0 Å². The Morgan fingerprint density at radius 1 is 1.19 bits per heavy atom. The average molecular weight is 348 g/mol. The molecule has 0 aliphatic carbocycles. The van der Waals surface area contributed by atoms with Crippen LogP contribution >= 0.6 is 0 Å². The number of benzene rings is 1. The molecule has 16 heavy (non-hydrogen) atoms. The van der Waals surface area contributed by atoms with Crippen LogP contribution in [0.1, 0.15) is 21.8 Å². The predicted octanol–water partition coefficient (Wildman–Crippen LogP) is 1.35. The molecule has 1 rings (SSSR count). The fraction of sp³-hybridized carbons (Fsp3) is 0.273. The third-order valence-corrected chi connectivity index (χ3v) is 2.53. The molecule has 0 heterocycles. The summed E-state index contributed by atoms with van der Waals surface area (Å²) in [4.78, 5) is 22.2. The number of carboxylic acid groups (broad SMARTS) is 2. The van der Waals surface area contributed by atoms with Gasteiger partial charge in [0.1, 0.15) is 0 Å². The van der Waals surface area contributed by atoms with Gasteiger partial charge in [0.15, 0.2) is 5.41 Å². The Morgan fingerprint density at radius 2 is 1.62 bits per heavy atom. The summed E-state index contributed by atoms with van der Waals surface area (Å²) < 4.78 is 0. The second-order valence-corrected chi connectivity index (χ2v) is 3.24. The van der Waals surface area contributed by atoms with Crippen molar-refractivity contribution in [3.05, 3.63) is 35.9 Å². The molecule has 0 saturated carbocycles. The Kier molecular flexibility index (Phi) is 6.35. The van der Waals surface area contributed by atoms with Gasteiger partial charge in [-0.05, 0) is 12.0 Å². The summed E-state index contributed by atoms with van der Waals surface area (Å²) in [6.07, 6.45) is 0.0156. The van der Waals surface area contributed by atoms with Crippen LogP contribution in [-0.4, -0.2) is 71.0 Å². The molecule has 5 heteroatoms. The maximum absolute atomic E-state index is 11.1. The summed E-state index contributed by atoms with van der Waals surface area (Å²) in [6.45, 7) is 1.55. The fourth-order valence-electron chi connectivity index (χ4n) is 1.57. The van der Waals surface area contributed by atoms with E-state index in [1.54, 1.807) is 25.1 Å².